The van der Waals surface area contributed by atoms with Gasteiger partial charge in [-0.15, -0.1) is 0 Å². The van der Waals surface area contributed by atoms with Crippen LogP contribution >= 0.6 is 0 Å². The summed E-state index contributed by atoms with van der Waals surface area (Å²) >= 11 is 0. The lowest BCUT2D eigenvalue weighted by Crippen LogP contribution is -1.95. The fourth-order valence-electron chi connectivity index (χ4n) is 0.530. The average molecular weight is 143 g/mol. The summed E-state index contributed by atoms with van der Waals surface area (Å²) in [5.74, 6) is -0.434. The molecule has 0 aliphatic rings. The molecule has 53 valence electrons. The number of aryl methyl sites for hydroxylation is 1. The van der Waals surface area contributed by atoms with Crippen LogP contribution in [-0.2, 0) is 0 Å². The molecule has 0 amide bonds. The van der Waals surface area contributed by atoms with Crippen molar-refractivity contribution in [3.8, 4) is 0 Å². The Morgan fingerprint density at radius 1 is 1.60 bits per heavy atom. The molecule has 1 aromatic heterocycles. The summed E-state index contributed by atoms with van der Waals surface area (Å²) in [4.78, 5) is 6.78. The molecule has 0 atom stereocenters. The average Bonchev–Trinajstić information content (AvgIpc) is 1.88. The lowest BCUT2D eigenvalue weighted by molar-refractivity contribution is 0.140. The van der Waals surface area contributed by atoms with Gasteiger partial charge in [0, 0.05) is 18.0 Å². The maximum atomic E-state index is 11.8. The largest absolute Gasteiger partial charge is 0.297 e. The third kappa shape index (κ3) is 1.46. The lowest BCUT2D eigenvalue weighted by Gasteiger charge is -1.95. The van der Waals surface area contributed by atoms with Crippen LogP contribution in [-0.4, -0.2) is 9.97 Å². The molecule has 0 spiro atoms. The van der Waals surface area contributed by atoms with Gasteiger partial charge in [-0.2, -0.15) is 0 Å². The van der Waals surface area contributed by atoms with Gasteiger partial charge in [-0.3, -0.25) is 0 Å². The van der Waals surface area contributed by atoms with Gasteiger partial charge in [-0.1, -0.05) is 0 Å². The Hall–Kier alpha value is -1.06. The summed E-state index contributed by atoms with van der Waals surface area (Å²) in [6, 6.07) is 2.57. The second kappa shape index (κ2) is 2.68. The maximum Gasteiger partial charge on any atom is 0.297 e. The van der Waals surface area contributed by atoms with Crippen LogP contribution in [0.15, 0.2) is 6.20 Å². The molecule has 0 fully saturated rings. The molecule has 1 aromatic rings. The van der Waals surface area contributed by atoms with Crippen LogP contribution in [0.2, 0.25) is 0 Å². The van der Waals surface area contributed by atoms with Gasteiger partial charge < -0.3 is 0 Å². The number of halogens is 2. The van der Waals surface area contributed by atoms with Gasteiger partial charge in [0.1, 0.15) is 0 Å². The van der Waals surface area contributed by atoms with Crippen molar-refractivity contribution in [1.29, 1.82) is 0 Å². The van der Waals surface area contributed by atoms with Crippen molar-refractivity contribution in [3.05, 3.63) is 23.8 Å². The smallest absolute Gasteiger partial charge is 0.235 e. The van der Waals surface area contributed by atoms with Crippen LogP contribution in [0.5, 0.6) is 0 Å². The van der Waals surface area contributed by atoms with Gasteiger partial charge in [0.05, 0.1) is 0 Å². The third-order valence-electron chi connectivity index (χ3n) is 0.948. The van der Waals surface area contributed by atoms with Gasteiger partial charge in [0.15, 0.2) is 5.82 Å². The van der Waals surface area contributed by atoms with E-state index in [9.17, 15) is 8.78 Å². The highest BCUT2D eigenvalue weighted by atomic mass is 19.3. The van der Waals surface area contributed by atoms with Gasteiger partial charge in [0.2, 0.25) is 0 Å². The van der Waals surface area contributed by atoms with Crippen LogP contribution in [0.1, 0.15) is 17.9 Å². The van der Waals surface area contributed by atoms with E-state index in [-0.39, 0.29) is 0 Å². The van der Waals surface area contributed by atoms with Crippen molar-refractivity contribution < 1.29 is 8.78 Å². The zero-order chi connectivity index (χ0) is 7.56. The monoisotopic (exact) mass is 143 g/mol. The van der Waals surface area contributed by atoms with Crippen LogP contribution in [0.25, 0.3) is 0 Å². The molecule has 2 nitrogen and oxygen atoms in total. The van der Waals surface area contributed by atoms with Crippen LogP contribution in [0.3, 0.4) is 0 Å². The summed E-state index contributed by atoms with van der Waals surface area (Å²) in [5, 5.41) is 0. The molecule has 0 saturated heterocycles. The highest BCUT2D eigenvalue weighted by molar-refractivity contribution is 4.98. The minimum Gasteiger partial charge on any atom is -0.235 e. The molecule has 0 aliphatic carbocycles. The van der Waals surface area contributed by atoms with E-state index in [1.165, 1.54) is 6.20 Å². The van der Waals surface area contributed by atoms with Crippen molar-refractivity contribution in [3.63, 3.8) is 0 Å². The fraction of sp³-hybridized carbons (Fsp3) is 0.333. The molecule has 4 heteroatoms. The first-order valence-corrected chi connectivity index (χ1v) is 2.69. The molecular formula is C6H5F2N2. The van der Waals surface area contributed by atoms with E-state index >= 15 is 0 Å². The van der Waals surface area contributed by atoms with Gasteiger partial charge >= 0.3 is 0 Å². The molecule has 0 saturated carbocycles. The zero-order valence-electron chi connectivity index (χ0n) is 5.31. The Morgan fingerprint density at radius 2 is 2.30 bits per heavy atom. The number of hydrogen-bond acceptors (Lipinski definition) is 2. The normalized spacial score (nSPS) is 10.4. The topological polar surface area (TPSA) is 25.8 Å². The van der Waals surface area contributed by atoms with E-state index in [2.05, 4.69) is 16.0 Å². The van der Waals surface area contributed by atoms with E-state index in [1.54, 1.807) is 6.92 Å². The molecule has 1 rings (SSSR count). The van der Waals surface area contributed by atoms with Gasteiger partial charge in [-0.05, 0) is 6.92 Å². The molecular weight excluding hydrogens is 138 g/mol. The number of nitrogens with zero attached hydrogens (tertiary/aromatic N) is 2. The Labute approximate surface area is 56.9 Å². The lowest BCUT2D eigenvalue weighted by atomic mass is 10.4. The number of alkyl halides is 2. The molecule has 0 aromatic carbocycles. The summed E-state index contributed by atoms with van der Waals surface area (Å²) in [6.07, 6.45) is -1.39. The van der Waals surface area contributed by atoms with Crippen molar-refractivity contribution in [2.45, 2.75) is 13.3 Å². The zero-order valence-corrected chi connectivity index (χ0v) is 5.31. The van der Waals surface area contributed by atoms with Crippen molar-refractivity contribution >= 4 is 0 Å². The summed E-state index contributed by atoms with van der Waals surface area (Å²) < 4.78 is 23.6. The molecule has 1 radical (unpaired) electrons. The van der Waals surface area contributed by atoms with Crippen molar-refractivity contribution in [2.75, 3.05) is 0 Å². The molecule has 0 unspecified atom stereocenters. The summed E-state index contributed by atoms with van der Waals surface area (Å²) in [5.41, 5.74) is 0.435. The summed E-state index contributed by atoms with van der Waals surface area (Å²) in [6.45, 7) is 1.59. The predicted octanol–water partition coefficient (Wildman–Crippen LogP) is 1.52. The van der Waals surface area contributed by atoms with Crippen LogP contribution < -0.4 is 0 Å². The van der Waals surface area contributed by atoms with E-state index in [0.29, 0.717) is 5.69 Å². The first-order chi connectivity index (χ1) is 4.70. The Bertz CT molecular complexity index is 225. The van der Waals surface area contributed by atoms with Gasteiger partial charge in [0.25, 0.3) is 6.43 Å². The van der Waals surface area contributed by atoms with Gasteiger partial charge in [-0.25, -0.2) is 18.7 Å². The van der Waals surface area contributed by atoms with E-state index in [1.807, 2.05) is 0 Å². The first-order valence-electron chi connectivity index (χ1n) is 2.69. The molecule has 0 bridgehead atoms. The highest BCUT2D eigenvalue weighted by Gasteiger charge is 2.08. The fourth-order valence-corrected chi connectivity index (χ4v) is 0.530. The van der Waals surface area contributed by atoms with E-state index in [0.717, 1.165) is 0 Å². The Balaban J connectivity index is 2.96. The van der Waals surface area contributed by atoms with E-state index in [4.69, 9.17) is 0 Å². The Kier molecular flexibility index (Phi) is 1.89. The quantitative estimate of drug-likeness (QED) is 0.595. The standard InChI is InChI=1S/C6H5F2N2/c1-4-2-3-9-6(10-4)5(7)8/h3,5H,1H3. The Morgan fingerprint density at radius 3 is 2.70 bits per heavy atom. The number of rotatable bonds is 1. The predicted molar refractivity (Wildman–Crippen MR) is 30.6 cm³/mol. The molecule has 1 heterocycles. The molecule has 0 aliphatic heterocycles. The van der Waals surface area contributed by atoms with Crippen molar-refractivity contribution in [2.24, 2.45) is 0 Å². The third-order valence-corrected chi connectivity index (χ3v) is 0.948. The first kappa shape index (κ1) is 7.05. The second-order valence-corrected chi connectivity index (χ2v) is 1.76. The second-order valence-electron chi connectivity index (χ2n) is 1.76. The number of aromatic nitrogens is 2. The molecule has 10 heavy (non-hydrogen) atoms. The van der Waals surface area contributed by atoms with E-state index < -0.39 is 12.2 Å². The van der Waals surface area contributed by atoms with Crippen molar-refractivity contribution in [1.82, 2.24) is 9.97 Å². The SMILES string of the molecule is Cc1[c]cnc(C(F)F)n1. The minimum atomic E-state index is -2.59. The van der Waals surface area contributed by atoms with Crippen LogP contribution in [0, 0.1) is 13.0 Å². The summed E-state index contributed by atoms with van der Waals surface area (Å²) in [7, 11) is 0. The minimum absolute atomic E-state index is 0.434. The highest BCUT2D eigenvalue weighted by Crippen LogP contribution is 2.12. The maximum absolute atomic E-state index is 11.8. The van der Waals surface area contributed by atoms with Crippen LogP contribution in [0.4, 0.5) is 8.78 Å². The number of hydrogen-bond donors (Lipinski definition) is 0. The molecule has 0 N–H and O–H groups in total.